The largest absolute Gasteiger partial charge is 0.449 e. The maximum absolute atomic E-state index is 12.1. The lowest BCUT2D eigenvalue weighted by atomic mass is 10.2. The molecular formula is C14H18ClN3O6S. The van der Waals surface area contributed by atoms with Gasteiger partial charge in [-0.1, -0.05) is 11.6 Å². The van der Waals surface area contributed by atoms with Crippen molar-refractivity contribution in [3.05, 3.63) is 28.8 Å². The molecule has 138 valence electrons. The predicted molar refractivity (Wildman–Crippen MR) is 89.8 cm³/mol. The van der Waals surface area contributed by atoms with E-state index in [0.29, 0.717) is 6.54 Å². The topological polar surface area (TPSA) is 131 Å². The Bertz CT molecular complexity index is 781. The summed E-state index contributed by atoms with van der Waals surface area (Å²) in [6, 6.07) is 2.80. The maximum Gasteiger partial charge on any atom is 0.338 e. The third-order valence-corrected chi connectivity index (χ3v) is 4.85. The van der Waals surface area contributed by atoms with E-state index in [-0.39, 0.29) is 15.5 Å². The smallest absolute Gasteiger partial charge is 0.338 e. The number of hydrogen-bond acceptors (Lipinski definition) is 6. The highest BCUT2D eigenvalue weighted by Gasteiger charge is 2.23. The van der Waals surface area contributed by atoms with E-state index in [2.05, 4.69) is 10.0 Å². The van der Waals surface area contributed by atoms with Crippen molar-refractivity contribution in [2.24, 2.45) is 0 Å². The number of benzene rings is 1. The Labute approximate surface area is 150 Å². The number of carbonyl (C=O) groups excluding carboxylic acids is 3. The zero-order chi connectivity index (χ0) is 19.2. The molecule has 1 aromatic carbocycles. The molecule has 3 amide bonds. The van der Waals surface area contributed by atoms with Gasteiger partial charge in [-0.15, -0.1) is 0 Å². The molecule has 0 aliphatic rings. The van der Waals surface area contributed by atoms with Crippen molar-refractivity contribution in [2.75, 3.05) is 13.6 Å². The number of carbonyl (C=O) groups is 3. The lowest BCUT2D eigenvalue weighted by Crippen LogP contribution is -2.44. The summed E-state index contributed by atoms with van der Waals surface area (Å²) < 4.78 is 30.7. The predicted octanol–water partition coefficient (Wildman–Crippen LogP) is 0.639. The average molecular weight is 392 g/mol. The van der Waals surface area contributed by atoms with Gasteiger partial charge in [0, 0.05) is 6.54 Å². The first kappa shape index (κ1) is 20.9. The Morgan fingerprint density at radius 2 is 1.92 bits per heavy atom. The molecule has 0 aromatic heterocycles. The van der Waals surface area contributed by atoms with Crippen molar-refractivity contribution >= 4 is 39.5 Å². The molecule has 3 N–H and O–H groups in total. The van der Waals surface area contributed by atoms with E-state index in [1.54, 1.807) is 6.92 Å². The van der Waals surface area contributed by atoms with Gasteiger partial charge < -0.3 is 10.1 Å². The fourth-order valence-corrected chi connectivity index (χ4v) is 2.90. The van der Waals surface area contributed by atoms with E-state index in [9.17, 15) is 22.8 Å². The van der Waals surface area contributed by atoms with E-state index in [1.807, 2.05) is 5.32 Å². The number of imide groups is 1. The van der Waals surface area contributed by atoms with Crippen LogP contribution in [0.5, 0.6) is 0 Å². The number of rotatable bonds is 6. The summed E-state index contributed by atoms with van der Waals surface area (Å²) in [6.45, 7) is 3.26. The summed E-state index contributed by atoms with van der Waals surface area (Å²) in [5.74, 6) is -1.76. The van der Waals surface area contributed by atoms with Gasteiger partial charge in [-0.05, 0) is 39.1 Å². The third-order valence-electron chi connectivity index (χ3n) is 2.95. The maximum atomic E-state index is 12.1. The fraction of sp³-hybridized carbons (Fsp3) is 0.357. The zero-order valence-electron chi connectivity index (χ0n) is 13.8. The lowest BCUT2D eigenvalue weighted by molar-refractivity contribution is -0.127. The van der Waals surface area contributed by atoms with E-state index < -0.39 is 34.0 Å². The summed E-state index contributed by atoms with van der Waals surface area (Å²) >= 11 is 5.83. The SMILES string of the molecule is CCNC(=O)NC(=O)C(C)OC(=O)c1ccc(Cl)c(S(=O)(=O)NC)c1. The van der Waals surface area contributed by atoms with Gasteiger partial charge in [0.25, 0.3) is 5.91 Å². The van der Waals surface area contributed by atoms with Crippen LogP contribution in [0.4, 0.5) is 4.79 Å². The first-order chi connectivity index (χ1) is 11.6. The Morgan fingerprint density at radius 3 is 2.48 bits per heavy atom. The quantitative estimate of drug-likeness (QED) is 0.610. The van der Waals surface area contributed by atoms with E-state index in [4.69, 9.17) is 16.3 Å². The first-order valence-electron chi connectivity index (χ1n) is 7.15. The van der Waals surface area contributed by atoms with Crippen molar-refractivity contribution < 1.29 is 27.5 Å². The van der Waals surface area contributed by atoms with Gasteiger partial charge in [0.2, 0.25) is 10.0 Å². The number of amides is 3. The molecule has 0 saturated heterocycles. The van der Waals surface area contributed by atoms with Crippen molar-refractivity contribution in [3.63, 3.8) is 0 Å². The van der Waals surface area contributed by atoms with Crippen LogP contribution >= 0.6 is 11.6 Å². The van der Waals surface area contributed by atoms with Crippen LogP contribution in [0.2, 0.25) is 5.02 Å². The molecule has 1 rings (SSSR count). The molecule has 0 fully saturated rings. The molecule has 11 heteroatoms. The van der Waals surface area contributed by atoms with Gasteiger partial charge in [-0.3, -0.25) is 10.1 Å². The zero-order valence-corrected chi connectivity index (χ0v) is 15.3. The number of halogens is 1. The van der Waals surface area contributed by atoms with Crippen LogP contribution in [0, 0.1) is 0 Å². The number of hydrogen-bond donors (Lipinski definition) is 3. The Kier molecular flexibility index (Phi) is 7.34. The van der Waals surface area contributed by atoms with Crippen LogP contribution < -0.4 is 15.4 Å². The molecule has 0 radical (unpaired) electrons. The van der Waals surface area contributed by atoms with Gasteiger partial charge in [-0.25, -0.2) is 22.7 Å². The van der Waals surface area contributed by atoms with E-state index in [1.165, 1.54) is 26.1 Å². The number of urea groups is 1. The van der Waals surface area contributed by atoms with Crippen LogP contribution in [-0.4, -0.2) is 46.0 Å². The molecule has 1 atom stereocenters. The molecule has 0 aliphatic carbocycles. The third kappa shape index (κ3) is 5.69. The summed E-state index contributed by atoms with van der Waals surface area (Å²) in [5, 5.41) is 4.28. The average Bonchev–Trinajstić information content (AvgIpc) is 2.54. The second-order valence-corrected chi connectivity index (χ2v) is 7.01. The minimum atomic E-state index is -3.87. The molecule has 0 aliphatic heterocycles. The molecule has 1 unspecified atom stereocenters. The molecule has 1 aromatic rings. The summed E-state index contributed by atoms with van der Waals surface area (Å²) in [6.07, 6.45) is -1.27. The van der Waals surface area contributed by atoms with E-state index in [0.717, 1.165) is 6.07 Å². The molecule has 25 heavy (non-hydrogen) atoms. The number of esters is 1. The van der Waals surface area contributed by atoms with Crippen molar-refractivity contribution in [2.45, 2.75) is 24.8 Å². The Hall–Kier alpha value is -2.17. The second kappa shape index (κ2) is 8.79. The van der Waals surface area contributed by atoms with Crippen LogP contribution in [0.25, 0.3) is 0 Å². The van der Waals surface area contributed by atoms with Gasteiger partial charge in [0.15, 0.2) is 6.10 Å². The molecule has 0 spiro atoms. The van der Waals surface area contributed by atoms with Gasteiger partial charge in [-0.2, -0.15) is 0 Å². The minimum absolute atomic E-state index is 0.0760. The normalized spacial score (nSPS) is 12.2. The van der Waals surface area contributed by atoms with E-state index >= 15 is 0 Å². The lowest BCUT2D eigenvalue weighted by Gasteiger charge is -2.13. The van der Waals surface area contributed by atoms with Crippen molar-refractivity contribution in [1.29, 1.82) is 0 Å². The van der Waals surface area contributed by atoms with Crippen LogP contribution in [0.15, 0.2) is 23.1 Å². The number of ether oxygens (including phenoxy) is 1. The summed E-state index contributed by atoms with van der Waals surface area (Å²) in [7, 11) is -2.68. The van der Waals surface area contributed by atoms with Crippen molar-refractivity contribution in [3.8, 4) is 0 Å². The van der Waals surface area contributed by atoms with Gasteiger partial charge in [0.05, 0.1) is 10.6 Å². The van der Waals surface area contributed by atoms with Crippen LogP contribution in [0.1, 0.15) is 24.2 Å². The fourth-order valence-electron chi connectivity index (χ4n) is 1.65. The molecule has 0 bridgehead atoms. The minimum Gasteiger partial charge on any atom is -0.449 e. The van der Waals surface area contributed by atoms with Crippen LogP contribution in [-0.2, 0) is 19.6 Å². The highest BCUT2D eigenvalue weighted by Crippen LogP contribution is 2.23. The molecule has 9 nitrogen and oxygen atoms in total. The monoisotopic (exact) mass is 391 g/mol. The van der Waals surface area contributed by atoms with Gasteiger partial charge >= 0.3 is 12.0 Å². The highest BCUT2D eigenvalue weighted by atomic mass is 35.5. The highest BCUT2D eigenvalue weighted by molar-refractivity contribution is 7.89. The summed E-state index contributed by atoms with van der Waals surface area (Å²) in [5.41, 5.74) is -0.115. The number of nitrogens with one attached hydrogen (secondary N) is 3. The van der Waals surface area contributed by atoms with Crippen LogP contribution in [0.3, 0.4) is 0 Å². The second-order valence-electron chi connectivity index (χ2n) is 4.75. The number of sulfonamides is 1. The molecular weight excluding hydrogens is 374 g/mol. The van der Waals surface area contributed by atoms with Gasteiger partial charge in [0.1, 0.15) is 4.90 Å². The summed E-state index contributed by atoms with van der Waals surface area (Å²) in [4.78, 5) is 34.8. The standard InChI is InChI=1S/C14H18ClN3O6S/c1-4-17-14(21)18-12(19)8(2)24-13(20)9-5-6-10(15)11(7-9)25(22,23)16-3/h5-8,16H,4H2,1-3H3,(H2,17,18,19,21). The van der Waals surface area contributed by atoms with Crippen molar-refractivity contribution in [1.82, 2.24) is 15.4 Å². The molecule has 0 saturated carbocycles. The first-order valence-corrected chi connectivity index (χ1v) is 9.01. The Morgan fingerprint density at radius 1 is 1.28 bits per heavy atom. The molecule has 0 heterocycles. The Balaban J connectivity index is 2.89.